The number of nitrogen functional groups attached to an aromatic ring is 1. The van der Waals surface area contributed by atoms with E-state index in [0.717, 1.165) is 24.8 Å². The molecule has 1 fully saturated rings. The monoisotopic (exact) mass is 322 g/mol. The fourth-order valence-electron chi connectivity index (χ4n) is 3.51. The number of carbonyl (C=O) groups excluding carboxylic acids is 1. The van der Waals surface area contributed by atoms with E-state index in [4.69, 9.17) is 10.5 Å². The minimum absolute atomic E-state index is 0.104. The number of thiophene rings is 1. The van der Waals surface area contributed by atoms with Gasteiger partial charge >= 0.3 is 0 Å². The smallest absolute Gasteiger partial charge is 0.257 e. The van der Waals surface area contributed by atoms with Gasteiger partial charge in [-0.3, -0.25) is 4.79 Å². The van der Waals surface area contributed by atoms with Crippen molar-refractivity contribution in [1.82, 2.24) is 4.90 Å². The summed E-state index contributed by atoms with van der Waals surface area (Å²) in [4.78, 5) is 16.0. The predicted molar refractivity (Wildman–Crippen MR) is 90.4 cm³/mol. The molecule has 1 aromatic heterocycles. The predicted octanol–water partition coefficient (Wildman–Crippen LogP) is 2.95. The molecule has 1 aliphatic carbocycles. The van der Waals surface area contributed by atoms with Gasteiger partial charge < -0.3 is 15.4 Å². The van der Waals surface area contributed by atoms with E-state index in [1.807, 2.05) is 4.90 Å². The Kier molecular flexibility index (Phi) is 4.21. The van der Waals surface area contributed by atoms with Gasteiger partial charge in [0.25, 0.3) is 5.91 Å². The van der Waals surface area contributed by atoms with Gasteiger partial charge in [0.1, 0.15) is 0 Å². The van der Waals surface area contributed by atoms with E-state index in [-0.39, 0.29) is 5.91 Å². The van der Waals surface area contributed by atoms with E-state index >= 15 is 0 Å². The molecular formula is C17H26N2O2S. The lowest BCUT2D eigenvalue weighted by Gasteiger charge is -2.34. The average molecular weight is 322 g/mol. The Morgan fingerprint density at radius 2 is 2.00 bits per heavy atom. The highest BCUT2D eigenvalue weighted by Crippen LogP contribution is 2.43. The molecule has 2 N–H and O–H groups in total. The summed E-state index contributed by atoms with van der Waals surface area (Å²) in [6, 6.07) is 0. The summed E-state index contributed by atoms with van der Waals surface area (Å²) in [5.41, 5.74) is 8.54. The van der Waals surface area contributed by atoms with E-state index < -0.39 is 0 Å². The van der Waals surface area contributed by atoms with Crippen LogP contribution in [0.25, 0.3) is 0 Å². The van der Waals surface area contributed by atoms with Gasteiger partial charge in [-0.25, -0.2) is 0 Å². The van der Waals surface area contributed by atoms with Crippen molar-refractivity contribution in [3.05, 3.63) is 16.0 Å². The van der Waals surface area contributed by atoms with E-state index in [9.17, 15) is 4.79 Å². The fraction of sp³-hybridized carbons (Fsp3) is 0.706. The first-order chi connectivity index (χ1) is 10.4. The van der Waals surface area contributed by atoms with Crippen LogP contribution in [0.15, 0.2) is 0 Å². The molecule has 0 bridgehead atoms. The summed E-state index contributed by atoms with van der Waals surface area (Å²) in [5, 5.41) is 0.705. The lowest BCUT2D eigenvalue weighted by atomic mass is 9.72. The van der Waals surface area contributed by atoms with Crippen molar-refractivity contribution in [2.24, 2.45) is 11.3 Å². The van der Waals surface area contributed by atoms with E-state index in [0.29, 0.717) is 42.6 Å². The molecule has 122 valence electrons. The van der Waals surface area contributed by atoms with Crippen molar-refractivity contribution in [1.29, 1.82) is 0 Å². The van der Waals surface area contributed by atoms with Crippen molar-refractivity contribution >= 4 is 22.2 Å². The summed E-state index contributed by atoms with van der Waals surface area (Å²) in [6.07, 6.45) is 3.19. The highest BCUT2D eigenvalue weighted by Gasteiger charge is 2.34. The van der Waals surface area contributed by atoms with Crippen LogP contribution in [-0.2, 0) is 17.6 Å². The molecule has 2 aliphatic rings. The number of rotatable bonds is 1. The molecule has 0 saturated carbocycles. The second-order valence-electron chi connectivity index (χ2n) is 7.45. The highest BCUT2D eigenvalue weighted by atomic mass is 32.1. The van der Waals surface area contributed by atoms with E-state index in [1.165, 1.54) is 10.4 Å². The number of hydrogen-bond acceptors (Lipinski definition) is 4. The van der Waals surface area contributed by atoms with Gasteiger partial charge in [-0.15, -0.1) is 11.3 Å². The third kappa shape index (κ3) is 2.88. The molecule has 0 unspecified atom stereocenters. The first-order valence-electron chi connectivity index (χ1n) is 8.15. The van der Waals surface area contributed by atoms with Crippen molar-refractivity contribution in [2.45, 2.75) is 40.0 Å². The standard InChI is InChI=1S/C17H26N2O2S/c1-17(2,3)11-4-5-12-13(10-11)22-15(18)14(12)16(20)19-6-8-21-9-7-19/h11H,4-10,18H2,1-3H3/t11-/m0/s1. The number of ether oxygens (including phenoxy) is 1. The van der Waals surface area contributed by atoms with Crippen molar-refractivity contribution in [3.63, 3.8) is 0 Å². The quantitative estimate of drug-likeness (QED) is 0.865. The van der Waals surface area contributed by atoms with Crippen LogP contribution in [0, 0.1) is 11.3 Å². The number of hydrogen-bond donors (Lipinski definition) is 1. The van der Waals surface area contributed by atoms with Gasteiger partial charge in [0, 0.05) is 18.0 Å². The Morgan fingerprint density at radius 3 is 2.64 bits per heavy atom. The summed E-state index contributed by atoms with van der Waals surface area (Å²) < 4.78 is 5.34. The van der Waals surface area contributed by atoms with Gasteiger partial charge in [0.05, 0.1) is 23.8 Å². The lowest BCUT2D eigenvalue weighted by molar-refractivity contribution is 0.0303. The summed E-state index contributed by atoms with van der Waals surface area (Å²) in [6.45, 7) is 9.52. The number of carbonyl (C=O) groups is 1. The number of amides is 1. The molecular weight excluding hydrogens is 296 g/mol. The molecule has 22 heavy (non-hydrogen) atoms. The molecule has 1 amide bonds. The number of fused-ring (bicyclic) bond motifs is 1. The normalized spacial score (nSPS) is 22.5. The van der Waals surface area contributed by atoms with Gasteiger partial charge in [-0.2, -0.15) is 0 Å². The summed E-state index contributed by atoms with van der Waals surface area (Å²) in [7, 11) is 0. The molecule has 1 atom stereocenters. The second-order valence-corrected chi connectivity index (χ2v) is 8.59. The molecule has 2 heterocycles. The van der Waals surface area contributed by atoms with Crippen LogP contribution in [0.3, 0.4) is 0 Å². The molecule has 0 aromatic carbocycles. The molecule has 0 spiro atoms. The van der Waals surface area contributed by atoms with Gasteiger partial charge in [0.15, 0.2) is 0 Å². The average Bonchev–Trinajstić information content (AvgIpc) is 2.81. The third-order valence-corrected chi connectivity index (χ3v) is 6.11. The van der Waals surface area contributed by atoms with Crippen LogP contribution in [0.2, 0.25) is 0 Å². The van der Waals surface area contributed by atoms with Crippen LogP contribution < -0.4 is 5.73 Å². The van der Waals surface area contributed by atoms with E-state index in [2.05, 4.69) is 20.8 Å². The van der Waals surface area contributed by atoms with Crippen molar-refractivity contribution in [3.8, 4) is 0 Å². The molecule has 3 rings (SSSR count). The number of anilines is 1. The summed E-state index contributed by atoms with van der Waals surface area (Å²) >= 11 is 1.63. The first-order valence-corrected chi connectivity index (χ1v) is 8.96. The van der Waals surface area contributed by atoms with Gasteiger partial charge in [0.2, 0.25) is 0 Å². The maximum Gasteiger partial charge on any atom is 0.257 e. The topological polar surface area (TPSA) is 55.6 Å². The Bertz CT molecular complexity index is 568. The minimum Gasteiger partial charge on any atom is -0.390 e. The zero-order chi connectivity index (χ0) is 15.9. The lowest BCUT2D eigenvalue weighted by Crippen LogP contribution is -2.41. The van der Waals surface area contributed by atoms with Crippen LogP contribution >= 0.6 is 11.3 Å². The number of morpholine rings is 1. The van der Waals surface area contributed by atoms with Gasteiger partial charge in [-0.1, -0.05) is 20.8 Å². The Labute approximate surface area is 136 Å². The molecule has 1 aromatic rings. The Balaban J connectivity index is 1.86. The van der Waals surface area contributed by atoms with Crippen molar-refractivity contribution < 1.29 is 9.53 Å². The SMILES string of the molecule is CC(C)(C)[C@H]1CCc2c(sc(N)c2C(=O)N2CCOCC2)C1. The fourth-order valence-corrected chi connectivity index (χ4v) is 4.70. The Hall–Kier alpha value is -1.07. The molecule has 1 aliphatic heterocycles. The number of nitrogens with two attached hydrogens (primary N) is 1. The van der Waals surface area contributed by atoms with Crippen LogP contribution in [0.4, 0.5) is 5.00 Å². The number of nitrogens with zero attached hydrogens (tertiary/aromatic N) is 1. The largest absolute Gasteiger partial charge is 0.390 e. The minimum atomic E-state index is 0.104. The first kappa shape index (κ1) is 15.8. The highest BCUT2D eigenvalue weighted by molar-refractivity contribution is 7.16. The molecule has 1 saturated heterocycles. The van der Waals surface area contributed by atoms with Crippen molar-refractivity contribution in [2.75, 3.05) is 32.0 Å². The van der Waals surface area contributed by atoms with Crippen LogP contribution in [0.1, 0.15) is 48.0 Å². The maximum absolute atomic E-state index is 12.8. The maximum atomic E-state index is 12.8. The molecule has 5 heteroatoms. The second kappa shape index (κ2) is 5.85. The molecule has 4 nitrogen and oxygen atoms in total. The van der Waals surface area contributed by atoms with Crippen LogP contribution in [0.5, 0.6) is 0 Å². The molecule has 0 radical (unpaired) electrons. The summed E-state index contributed by atoms with van der Waals surface area (Å²) in [5.74, 6) is 0.775. The van der Waals surface area contributed by atoms with Gasteiger partial charge in [-0.05, 0) is 36.2 Å². The Morgan fingerprint density at radius 1 is 1.32 bits per heavy atom. The van der Waals surface area contributed by atoms with Crippen LogP contribution in [-0.4, -0.2) is 37.1 Å². The third-order valence-electron chi connectivity index (χ3n) is 5.03. The van der Waals surface area contributed by atoms with E-state index in [1.54, 1.807) is 11.3 Å². The zero-order valence-electron chi connectivity index (χ0n) is 13.8. The zero-order valence-corrected chi connectivity index (χ0v) is 14.6.